The third-order valence-corrected chi connectivity index (χ3v) is 3.04. The van der Waals surface area contributed by atoms with Gasteiger partial charge in [0, 0.05) is 12.1 Å². The molecule has 0 saturated carbocycles. The van der Waals surface area contributed by atoms with Crippen LogP contribution in [0.1, 0.15) is 24.9 Å². The number of hydrogen-bond donors (Lipinski definition) is 1. The Balaban J connectivity index is 2.20. The van der Waals surface area contributed by atoms with Crippen LogP contribution in [0.3, 0.4) is 0 Å². The van der Waals surface area contributed by atoms with Gasteiger partial charge in [-0.1, -0.05) is 31.2 Å². The van der Waals surface area contributed by atoms with Gasteiger partial charge in [0.05, 0.1) is 4.92 Å². The summed E-state index contributed by atoms with van der Waals surface area (Å²) in [6.45, 7) is 2.02. The van der Waals surface area contributed by atoms with Gasteiger partial charge in [-0.15, -0.1) is 0 Å². The Morgan fingerprint density at radius 1 is 1.20 bits per heavy atom. The van der Waals surface area contributed by atoms with Crippen LogP contribution in [0, 0.1) is 10.1 Å². The van der Waals surface area contributed by atoms with Crippen LogP contribution in [0.25, 0.3) is 0 Å². The van der Waals surface area contributed by atoms with Gasteiger partial charge in [0.2, 0.25) is 5.75 Å². The van der Waals surface area contributed by atoms with Crippen LogP contribution in [0.4, 0.5) is 5.69 Å². The summed E-state index contributed by atoms with van der Waals surface area (Å²) in [6.07, 6.45) is 0.852. The highest BCUT2D eigenvalue weighted by molar-refractivity contribution is 5.48. The van der Waals surface area contributed by atoms with Crippen molar-refractivity contribution in [1.82, 2.24) is 0 Å². The lowest BCUT2D eigenvalue weighted by Crippen LogP contribution is -2.08. The molecular formula is C15H16N2O3. The Hall–Kier alpha value is -2.40. The molecule has 2 aromatic rings. The molecule has 5 heteroatoms. The average Bonchev–Trinajstić information content (AvgIpc) is 2.47. The van der Waals surface area contributed by atoms with Gasteiger partial charge in [-0.05, 0) is 30.2 Å². The average molecular weight is 272 g/mol. The molecule has 0 fully saturated rings. The molecule has 0 spiro atoms. The standard InChI is InChI=1S/C15H16N2O3/c1-2-13(16)11-7-9-12(10-8-11)20-15-6-4-3-5-14(15)17(18)19/h3-10,13H,2,16H2,1H3. The van der Waals surface area contributed by atoms with E-state index in [-0.39, 0.29) is 17.5 Å². The zero-order valence-electron chi connectivity index (χ0n) is 11.2. The summed E-state index contributed by atoms with van der Waals surface area (Å²) < 4.78 is 5.56. The second kappa shape index (κ2) is 6.16. The van der Waals surface area contributed by atoms with E-state index in [9.17, 15) is 10.1 Å². The molecule has 0 bridgehead atoms. The summed E-state index contributed by atoms with van der Waals surface area (Å²) in [6, 6.07) is 13.6. The minimum atomic E-state index is -0.462. The number of para-hydroxylation sites is 2. The van der Waals surface area contributed by atoms with Crippen molar-refractivity contribution in [3.8, 4) is 11.5 Å². The summed E-state index contributed by atoms with van der Waals surface area (Å²) in [5.74, 6) is 0.774. The summed E-state index contributed by atoms with van der Waals surface area (Å²) >= 11 is 0. The molecule has 0 saturated heterocycles. The van der Waals surface area contributed by atoms with Crippen LogP contribution in [0.5, 0.6) is 11.5 Å². The van der Waals surface area contributed by atoms with Gasteiger partial charge in [0.15, 0.2) is 0 Å². The molecule has 0 aromatic heterocycles. The van der Waals surface area contributed by atoms with Gasteiger partial charge in [-0.25, -0.2) is 0 Å². The maximum atomic E-state index is 10.9. The fourth-order valence-corrected chi connectivity index (χ4v) is 1.84. The van der Waals surface area contributed by atoms with Crippen molar-refractivity contribution in [2.24, 2.45) is 5.73 Å². The topological polar surface area (TPSA) is 78.4 Å². The molecule has 5 nitrogen and oxygen atoms in total. The highest BCUT2D eigenvalue weighted by Gasteiger charge is 2.14. The molecule has 0 aliphatic rings. The van der Waals surface area contributed by atoms with Crippen LogP contribution in [-0.4, -0.2) is 4.92 Å². The van der Waals surface area contributed by atoms with E-state index < -0.39 is 4.92 Å². The highest BCUT2D eigenvalue weighted by Crippen LogP contribution is 2.31. The van der Waals surface area contributed by atoms with E-state index in [1.807, 2.05) is 19.1 Å². The van der Waals surface area contributed by atoms with Crippen LogP contribution >= 0.6 is 0 Å². The van der Waals surface area contributed by atoms with Gasteiger partial charge in [0.25, 0.3) is 0 Å². The van der Waals surface area contributed by atoms with Crippen molar-refractivity contribution in [3.05, 3.63) is 64.2 Å². The molecule has 0 aliphatic carbocycles. The largest absolute Gasteiger partial charge is 0.450 e. The molecule has 1 unspecified atom stereocenters. The lowest BCUT2D eigenvalue weighted by molar-refractivity contribution is -0.385. The number of nitrogens with zero attached hydrogens (tertiary/aromatic N) is 1. The van der Waals surface area contributed by atoms with Crippen molar-refractivity contribution in [3.63, 3.8) is 0 Å². The first-order chi connectivity index (χ1) is 9.61. The quantitative estimate of drug-likeness (QED) is 0.663. The third kappa shape index (κ3) is 3.13. The summed E-state index contributed by atoms with van der Waals surface area (Å²) in [5, 5.41) is 10.9. The van der Waals surface area contributed by atoms with Crippen LogP contribution in [-0.2, 0) is 0 Å². The molecule has 20 heavy (non-hydrogen) atoms. The van der Waals surface area contributed by atoms with E-state index >= 15 is 0 Å². The Labute approximate surface area is 117 Å². The SMILES string of the molecule is CCC(N)c1ccc(Oc2ccccc2[N+](=O)[O-])cc1. The molecule has 1 atom stereocenters. The van der Waals surface area contributed by atoms with Gasteiger partial charge in [-0.2, -0.15) is 0 Å². The number of ether oxygens (including phenoxy) is 1. The number of nitro benzene ring substituents is 1. The number of hydrogen-bond acceptors (Lipinski definition) is 4. The second-order valence-corrected chi connectivity index (χ2v) is 4.41. The Morgan fingerprint density at radius 3 is 2.45 bits per heavy atom. The predicted octanol–water partition coefficient (Wildman–Crippen LogP) is 3.80. The van der Waals surface area contributed by atoms with Gasteiger partial charge in [-0.3, -0.25) is 10.1 Å². The summed E-state index contributed by atoms with van der Waals surface area (Å²) in [4.78, 5) is 10.4. The first-order valence-electron chi connectivity index (χ1n) is 6.38. The van der Waals surface area contributed by atoms with E-state index in [4.69, 9.17) is 10.5 Å². The van der Waals surface area contributed by atoms with Crippen LogP contribution in [0.2, 0.25) is 0 Å². The summed E-state index contributed by atoms with van der Waals surface area (Å²) in [7, 11) is 0. The van der Waals surface area contributed by atoms with Crippen LogP contribution in [0.15, 0.2) is 48.5 Å². The van der Waals surface area contributed by atoms with Gasteiger partial charge in [0.1, 0.15) is 5.75 Å². The van der Waals surface area contributed by atoms with Crippen LogP contribution < -0.4 is 10.5 Å². The van der Waals surface area contributed by atoms with E-state index in [0.29, 0.717) is 5.75 Å². The number of benzene rings is 2. The molecule has 2 aromatic carbocycles. The molecule has 2 N–H and O–H groups in total. The molecule has 0 radical (unpaired) electrons. The van der Waals surface area contributed by atoms with E-state index in [0.717, 1.165) is 12.0 Å². The number of rotatable bonds is 5. The van der Waals surface area contributed by atoms with Gasteiger partial charge >= 0.3 is 5.69 Å². The van der Waals surface area contributed by atoms with E-state index in [1.54, 1.807) is 30.3 Å². The lowest BCUT2D eigenvalue weighted by Gasteiger charge is -2.10. The number of nitrogens with two attached hydrogens (primary N) is 1. The van der Waals surface area contributed by atoms with Crippen molar-refractivity contribution in [2.45, 2.75) is 19.4 Å². The van der Waals surface area contributed by atoms with Crippen molar-refractivity contribution < 1.29 is 9.66 Å². The lowest BCUT2D eigenvalue weighted by atomic mass is 10.1. The van der Waals surface area contributed by atoms with Crippen molar-refractivity contribution in [1.29, 1.82) is 0 Å². The minimum absolute atomic E-state index is 0.00453. The maximum absolute atomic E-state index is 10.9. The third-order valence-electron chi connectivity index (χ3n) is 3.04. The zero-order valence-corrected chi connectivity index (χ0v) is 11.2. The fraction of sp³-hybridized carbons (Fsp3) is 0.200. The molecule has 2 rings (SSSR count). The van der Waals surface area contributed by atoms with Crippen molar-refractivity contribution in [2.75, 3.05) is 0 Å². The Morgan fingerprint density at radius 2 is 1.85 bits per heavy atom. The van der Waals surface area contributed by atoms with E-state index in [2.05, 4.69) is 0 Å². The smallest absolute Gasteiger partial charge is 0.311 e. The fourth-order valence-electron chi connectivity index (χ4n) is 1.84. The molecular weight excluding hydrogens is 256 g/mol. The Kier molecular flexibility index (Phi) is 4.32. The second-order valence-electron chi connectivity index (χ2n) is 4.41. The molecule has 0 aliphatic heterocycles. The number of nitro groups is 1. The Bertz CT molecular complexity index is 596. The zero-order chi connectivity index (χ0) is 14.5. The monoisotopic (exact) mass is 272 g/mol. The maximum Gasteiger partial charge on any atom is 0.311 e. The van der Waals surface area contributed by atoms with Crippen molar-refractivity contribution >= 4 is 5.69 Å². The molecule has 0 amide bonds. The predicted molar refractivity (Wildman–Crippen MR) is 76.8 cm³/mol. The molecule has 0 heterocycles. The normalized spacial score (nSPS) is 11.9. The first-order valence-corrected chi connectivity index (χ1v) is 6.38. The minimum Gasteiger partial charge on any atom is -0.450 e. The molecule has 104 valence electrons. The van der Waals surface area contributed by atoms with Gasteiger partial charge < -0.3 is 10.5 Å². The highest BCUT2D eigenvalue weighted by atomic mass is 16.6. The summed E-state index contributed by atoms with van der Waals surface area (Å²) in [5.41, 5.74) is 6.89. The van der Waals surface area contributed by atoms with E-state index in [1.165, 1.54) is 6.07 Å². The first kappa shape index (κ1) is 14.0.